The highest BCUT2D eigenvalue weighted by Gasteiger charge is 2.19. The highest BCUT2D eigenvalue weighted by Crippen LogP contribution is 2.22. The number of amides is 1. The number of likely N-dealkylation sites (tertiary alicyclic amines) is 1. The zero-order valence-electron chi connectivity index (χ0n) is 9.79. The Hall–Kier alpha value is -1.22. The second kappa shape index (κ2) is 5.41. The molecule has 0 aliphatic carbocycles. The van der Waals surface area contributed by atoms with E-state index < -0.39 is 0 Å². The predicted octanol–water partition coefficient (Wildman–Crippen LogP) is 2.94. The monoisotopic (exact) mass is 252 g/mol. The molecule has 1 saturated heterocycles. The summed E-state index contributed by atoms with van der Waals surface area (Å²) in [6, 6.07) is 5.05. The van der Waals surface area contributed by atoms with Crippen molar-refractivity contribution in [2.24, 2.45) is 0 Å². The molecule has 0 atom stereocenters. The van der Waals surface area contributed by atoms with Crippen LogP contribution < -0.4 is 5.73 Å². The molecule has 17 heavy (non-hydrogen) atoms. The highest BCUT2D eigenvalue weighted by molar-refractivity contribution is 6.34. The smallest absolute Gasteiger partial charge is 0.255 e. The van der Waals surface area contributed by atoms with Gasteiger partial charge in [-0.05, 0) is 31.0 Å². The average Bonchev–Trinajstić information content (AvgIpc) is 2.60. The third-order valence-corrected chi connectivity index (χ3v) is 3.44. The lowest BCUT2D eigenvalue weighted by molar-refractivity contribution is 0.0762. The normalized spacial score (nSPS) is 16.6. The summed E-state index contributed by atoms with van der Waals surface area (Å²) >= 11 is 6.05. The van der Waals surface area contributed by atoms with Crippen LogP contribution in [-0.2, 0) is 0 Å². The van der Waals surface area contributed by atoms with Crippen LogP contribution in [0.3, 0.4) is 0 Å². The Balaban J connectivity index is 2.20. The number of carbonyl (C=O) groups is 1. The van der Waals surface area contributed by atoms with E-state index in [2.05, 4.69) is 0 Å². The first-order chi connectivity index (χ1) is 8.18. The van der Waals surface area contributed by atoms with Crippen molar-refractivity contribution in [1.29, 1.82) is 0 Å². The molecular weight excluding hydrogens is 236 g/mol. The van der Waals surface area contributed by atoms with E-state index in [1.807, 2.05) is 4.90 Å². The lowest BCUT2D eigenvalue weighted by Crippen LogP contribution is -2.32. The molecule has 1 heterocycles. The molecule has 2 N–H and O–H groups in total. The Morgan fingerprint density at radius 3 is 2.47 bits per heavy atom. The first-order valence-electron chi connectivity index (χ1n) is 6.03. The fraction of sp³-hybridized carbons (Fsp3) is 0.462. The van der Waals surface area contributed by atoms with Gasteiger partial charge in [-0.2, -0.15) is 0 Å². The lowest BCUT2D eigenvalue weighted by atomic mass is 10.1. The minimum absolute atomic E-state index is 0.00389. The molecule has 1 aliphatic heterocycles. The van der Waals surface area contributed by atoms with E-state index in [-0.39, 0.29) is 5.91 Å². The van der Waals surface area contributed by atoms with Crippen molar-refractivity contribution >= 4 is 23.2 Å². The minimum Gasteiger partial charge on any atom is -0.399 e. The number of anilines is 1. The number of nitrogens with zero attached hydrogens (tertiary/aromatic N) is 1. The van der Waals surface area contributed by atoms with E-state index in [0.29, 0.717) is 16.3 Å². The number of nitrogens with two attached hydrogens (primary N) is 1. The van der Waals surface area contributed by atoms with Gasteiger partial charge in [-0.15, -0.1) is 0 Å². The Kier molecular flexibility index (Phi) is 3.89. The van der Waals surface area contributed by atoms with Gasteiger partial charge in [0.25, 0.3) is 5.91 Å². The van der Waals surface area contributed by atoms with Gasteiger partial charge in [0.15, 0.2) is 0 Å². The molecule has 0 aromatic heterocycles. The molecule has 92 valence electrons. The fourth-order valence-corrected chi connectivity index (χ4v) is 2.35. The third-order valence-electron chi connectivity index (χ3n) is 3.11. The van der Waals surface area contributed by atoms with Gasteiger partial charge in [0, 0.05) is 18.8 Å². The van der Waals surface area contributed by atoms with E-state index in [1.165, 1.54) is 12.8 Å². The summed E-state index contributed by atoms with van der Waals surface area (Å²) in [5.41, 5.74) is 6.79. The van der Waals surface area contributed by atoms with E-state index in [9.17, 15) is 4.79 Å². The van der Waals surface area contributed by atoms with Gasteiger partial charge in [0.1, 0.15) is 0 Å². The largest absolute Gasteiger partial charge is 0.399 e. The van der Waals surface area contributed by atoms with Gasteiger partial charge in [0.05, 0.1) is 10.6 Å². The summed E-state index contributed by atoms with van der Waals surface area (Å²) in [5, 5.41) is 0.480. The van der Waals surface area contributed by atoms with Crippen molar-refractivity contribution in [3.05, 3.63) is 28.8 Å². The van der Waals surface area contributed by atoms with Gasteiger partial charge in [-0.3, -0.25) is 4.79 Å². The number of rotatable bonds is 1. The molecule has 1 aliphatic rings. The van der Waals surface area contributed by atoms with Crippen LogP contribution in [0.25, 0.3) is 0 Å². The van der Waals surface area contributed by atoms with E-state index in [1.54, 1.807) is 18.2 Å². The summed E-state index contributed by atoms with van der Waals surface area (Å²) in [6.07, 6.45) is 4.56. The van der Waals surface area contributed by atoms with Gasteiger partial charge in [0.2, 0.25) is 0 Å². The van der Waals surface area contributed by atoms with Gasteiger partial charge in [-0.25, -0.2) is 0 Å². The molecule has 0 bridgehead atoms. The van der Waals surface area contributed by atoms with Crippen molar-refractivity contribution in [3.63, 3.8) is 0 Å². The van der Waals surface area contributed by atoms with Crippen LogP contribution in [0.5, 0.6) is 0 Å². The van der Waals surface area contributed by atoms with E-state index in [4.69, 9.17) is 17.3 Å². The standard InChI is InChI=1S/C13H17ClN2O/c14-12-6-5-10(15)9-11(12)13(17)16-7-3-1-2-4-8-16/h5-6,9H,1-4,7-8,15H2. The average molecular weight is 253 g/mol. The number of carbonyl (C=O) groups excluding carboxylic acids is 1. The van der Waals surface area contributed by atoms with E-state index >= 15 is 0 Å². The SMILES string of the molecule is Nc1ccc(Cl)c(C(=O)N2CCCCCC2)c1. The maximum Gasteiger partial charge on any atom is 0.255 e. The predicted molar refractivity (Wildman–Crippen MR) is 70.2 cm³/mol. The van der Waals surface area contributed by atoms with Crippen LogP contribution in [0.2, 0.25) is 5.02 Å². The van der Waals surface area contributed by atoms with Crippen LogP contribution in [-0.4, -0.2) is 23.9 Å². The molecule has 0 radical (unpaired) electrons. The topological polar surface area (TPSA) is 46.3 Å². The third kappa shape index (κ3) is 2.91. The molecule has 3 nitrogen and oxygen atoms in total. The van der Waals surface area contributed by atoms with Crippen LogP contribution in [0, 0.1) is 0 Å². The molecule has 0 unspecified atom stereocenters. The number of halogens is 1. The molecule has 0 saturated carbocycles. The molecule has 2 rings (SSSR count). The number of hydrogen-bond donors (Lipinski definition) is 1. The van der Waals surface area contributed by atoms with Gasteiger partial charge >= 0.3 is 0 Å². The zero-order valence-corrected chi connectivity index (χ0v) is 10.5. The molecule has 1 amide bonds. The molecule has 1 aromatic carbocycles. The molecule has 4 heteroatoms. The van der Waals surface area contributed by atoms with Crippen molar-refractivity contribution in [2.45, 2.75) is 25.7 Å². The summed E-state index contributed by atoms with van der Waals surface area (Å²) in [6.45, 7) is 1.65. The summed E-state index contributed by atoms with van der Waals surface area (Å²) < 4.78 is 0. The molecular formula is C13H17ClN2O. The van der Waals surface area contributed by atoms with Crippen molar-refractivity contribution in [1.82, 2.24) is 4.90 Å². The maximum atomic E-state index is 12.3. The number of benzene rings is 1. The Morgan fingerprint density at radius 1 is 1.18 bits per heavy atom. The Labute approximate surface area is 107 Å². The van der Waals surface area contributed by atoms with Crippen molar-refractivity contribution < 1.29 is 4.79 Å². The quantitative estimate of drug-likeness (QED) is 0.781. The Bertz CT molecular complexity index is 412. The summed E-state index contributed by atoms with van der Waals surface area (Å²) in [5.74, 6) is 0.00389. The number of hydrogen-bond acceptors (Lipinski definition) is 2. The summed E-state index contributed by atoms with van der Waals surface area (Å²) in [7, 11) is 0. The second-order valence-electron chi connectivity index (χ2n) is 4.45. The summed E-state index contributed by atoms with van der Waals surface area (Å²) in [4.78, 5) is 14.2. The first-order valence-corrected chi connectivity index (χ1v) is 6.40. The second-order valence-corrected chi connectivity index (χ2v) is 4.85. The number of nitrogen functional groups attached to an aromatic ring is 1. The van der Waals surface area contributed by atoms with Crippen LogP contribution in [0.4, 0.5) is 5.69 Å². The molecule has 1 fully saturated rings. The lowest BCUT2D eigenvalue weighted by Gasteiger charge is -2.21. The Morgan fingerprint density at radius 2 is 1.82 bits per heavy atom. The fourth-order valence-electron chi connectivity index (χ4n) is 2.15. The minimum atomic E-state index is 0.00389. The van der Waals surface area contributed by atoms with Crippen LogP contribution in [0.15, 0.2) is 18.2 Å². The van der Waals surface area contributed by atoms with Gasteiger partial charge < -0.3 is 10.6 Å². The van der Waals surface area contributed by atoms with Gasteiger partial charge in [-0.1, -0.05) is 24.4 Å². The highest BCUT2D eigenvalue weighted by atomic mass is 35.5. The maximum absolute atomic E-state index is 12.3. The van der Waals surface area contributed by atoms with Crippen LogP contribution >= 0.6 is 11.6 Å². The molecule has 1 aromatic rings. The van der Waals surface area contributed by atoms with Crippen LogP contribution in [0.1, 0.15) is 36.0 Å². The zero-order chi connectivity index (χ0) is 12.3. The van der Waals surface area contributed by atoms with Crippen molar-refractivity contribution in [2.75, 3.05) is 18.8 Å². The van der Waals surface area contributed by atoms with Crippen molar-refractivity contribution in [3.8, 4) is 0 Å². The molecule has 0 spiro atoms. The first kappa shape index (κ1) is 12.2. The van der Waals surface area contributed by atoms with E-state index in [0.717, 1.165) is 25.9 Å².